The van der Waals surface area contributed by atoms with Crippen LogP contribution in [0.15, 0.2) is 29.1 Å². The van der Waals surface area contributed by atoms with Gasteiger partial charge in [0.1, 0.15) is 6.04 Å². The van der Waals surface area contributed by atoms with Crippen LogP contribution in [0, 0.1) is 0 Å². The fourth-order valence-corrected chi connectivity index (χ4v) is 4.02. The highest BCUT2D eigenvalue weighted by atomic mass is 16.2. The second-order valence-corrected chi connectivity index (χ2v) is 6.63. The molecule has 3 heterocycles. The first-order chi connectivity index (χ1) is 11.6. The second-order valence-electron chi connectivity index (χ2n) is 6.63. The zero-order chi connectivity index (χ0) is 16.8. The smallest absolute Gasteiger partial charge is 0.294 e. The number of nitrogens with zero attached hydrogens (tertiary/aromatic N) is 4. The molecule has 1 aromatic heterocycles. The summed E-state index contributed by atoms with van der Waals surface area (Å²) < 4.78 is 1.75. The lowest BCUT2D eigenvalue weighted by Gasteiger charge is -2.41. The summed E-state index contributed by atoms with van der Waals surface area (Å²) in [5.41, 5.74) is 1.52. The summed E-state index contributed by atoms with van der Waals surface area (Å²) in [4.78, 5) is 34.2. The number of para-hydroxylation sites is 2. The Morgan fingerprint density at radius 3 is 2.79 bits per heavy atom. The molecular weight excluding hydrogens is 304 g/mol. The van der Waals surface area contributed by atoms with Crippen LogP contribution in [0.5, 0.6) is 0 Å². The molecule has 2 aromatic rings. The van der Waals surface area contributed by atoms with E-state index in [4.69, 9.17) is 0 Å². The average Bonchev–Trinajstić information content (AvgIpc) is 3.06. The van der Waals surface area contributed by atoms with E-state index < -0.39 is 0 Å². The highest BCUT2D eigenvalue weighted by Crippen LogP contribution is 2.28. The Kier molecular flexibility index (Phi) is 3.55. The van der Waals surface area contributed by atoms with Crippen molar-refractivity contribution in [2.24, 2.45) is 0 Å². The van der Waals surface area contributed by atoms with Crippen LogP contribution in [0.3, 0.4) is 0 Å². The van der Waals surface area contributed by atoms with Gasteiger partial charge in [0.15, 0.2) is 5.82 Å². The van der Waals surface area contributed by atoms with Gasteiger partial charge in [0.25, 0.3) is 5.56 Å². The van der Waals surface area contributed by atoms with E-state index in [1.54, 1.807) is 4.57 Å². The van der Waals surface area contributed by atoms with Crippen LogP contribution in [0.1, 0.15) is 26.7 Å². The molecule has 0 aliphatic carbocycles. The predicted octanol–water partition coefficient (Wildman–Crippen LogP) is 1.62. The lowest BCUT2D eigenvalue weighted by Crippen LogP contribution is -2.60. The van der Waals surface area contributed by atoms with Crippen molar-refractivity contribution in [2.45, 2.75) is 45.3 Å². The van der Waals surface area contributed by atoms with Gasteiger partial charge in [-0.3, -0.25) is 9.59 Å². The maximum atomic E-state index is 13.0. The van der Waals surface area contributed by atoms with E-state index in [2.05, 4.69) is 4.98 Å². The monoisotopic (exact) mass is 326 g/mol. The van der Waals surface area contributed by atoms with Gasteiger partial charge in [-0.25, -0.2) is 4.98 Å². The fourth-order valence-electron chi connectivity index (χ4n) is 4.02. The molecule has 2 fully saturated rings. The molecule has 6 nitrogen and oxygen atoms in total. The summed E-state index contributed by atoms with van der Waals surface area (Å²) in [5.74, 6) is 0.518. The van der Waals surface area contributed by atoms with Crippen LogP contribution in [0.4, 0.5) is 5.82 Å². The van der Waals surface area contributed by atoms with Gasteiger partial charge in [-0.15, -0.1) is 0 Å². The number of aryl methyl sites for hydroxylation is 1. The fraction of sp³-hybridized carbons (Fsp3) is 0.500. The van der Waals surface area contributed by atoms with Gasteiger partial charge in [0.05, 0.1) is 11.0 Å². The Morgan fingerprint density at radius 1 is 1.21 bits per heavy atom. The van der Waals surface area contributed by atoms with Crippen LogP contribution < -0.4 is 10.5 Å². The minimum Gasteiger partial charge on any atom is -0.338 e. The third-order valence-corrected chi connectivity index (χ3v) is 5.32. The maximum absolute atomic E-state index is 13.0. The Hall–Kier alpha value is -2.37. The largest absolute Gasteiger partial charge is 0.338 e. The minimum absolute atomic E-state index is 0.109. The zero-order valence-corrected chi connectivity index (χ0v) is 14.1. The topological polar surface area (TPSA) is 58.4 Å². The molecule has 1 amide bonds. The van der Waals surface area contributed by atoms with Gasteiger partial charge >= 0.3 is 0 Å². The van der Waals surface area contributed by atoms with Crippen molar-refractivity contribution in [2.75, 3.05) is 18.0 Å². The number of fused-ring (bicyclic) bond motifs is 2. The Bertz CT molecular complexity index is 860. The molecular formula is C18H22N4O2. The second kappa shape index (κ2) is 5.61. The molecule has 6 heteroatoms. The molecule has 0 saturated carbocycles. The molecule has 24 heavy (non-hydrogen) atoms. The van der Waals surface area contributed by atoms with Crippen molar-refractivity contribution >= 4 is 22.8 Å². The number of piperazine rings is 1. The quantitative estimate of drug-likeness (QED) is 0.841. The standard InChI is InChI=1S/C18H22N4O2/c1-3-20-15-9-5-4-8-14(15)19-16(18(20)24)22-11-13-7-6-10-21(13)17(23)12(22)2/h4-5,8-9,12-13H,3,6-7,10-11H2,1-2H3/t12-,13-/m1/s1. The number of carbonyl (C=O) groups is 1. The van der Waals surface area contributed by atoms with Crippen LogP contribution in [-0.2, 0) is 11.3 Å². The minimum atomic E-state index is -0.342. The van der Waals surface area contributed by atoms with E-state index in [9.17, 15) is 9.59 Å². The van der Waals surface area contributed by atoms with E-state index >= 15 is 0 Å². The van der Waals surface area contributed by atoms with E-state index in [0.29, 0.717) is 18.9 Å². The highest BCUT2D eigenvalue weighted by Gasteiger charge is 2.41. The van der Waals surface area contributed by atoms with Gasteiger partial charge in [0.2, 0.25) is 5.91 Å². The lowest BCUT2D eigenvalue weighted by atomic mass is 10.1. The van der Waals surface area contributed by atoms with Crippen molar-refractivity contribution in [3.05, 3.63) is 34.6 Å². The maximum Gasteiger partial charge on any atom is 0.294 e. The molecule has 2 aliphatic rings. The first kappa shape index (κ1) is 15.2. The first-order valence-corrected chi connectivity index (χ1v) is 8.68. The van der Waals surface area contributed by atoms with Gasteiger partial charge in [0, 0.05) is 25.7 Å². The predicted molar refractivity (Wildman–Crippen MR) is 93.2 cm³/mol. The zero-order valence-electron chi connectivity index (χ0n) is 14.1. The number of amides is 1. The molecule has 2 aliphatic heterocycles. The molecule has 2 saturated heterocycles. The first-order valence-electron chi connectivity index (χ1n) is 8.68. The van der Waals surface area contributed by atoms with Crippen molar-refractivity contribution < 1.29 is 4.79 Å². The molecule has 0 radical (unpaired) electrons. The Balaban J connectivity index is 1.85. The van der Waals surface area contributed by atoms with Gasteiger partial charge < -0.3 is 14.4 Å². The Labute approximate surface area is 140 Å². The third kappa shape index (κ3) is 2.12. The third-order valence-electron chi connectivity index (χ3n) is 5.32. The number of anilines is 1. The summed E-state index contributed by atoms with van der Waals surface area (Å²) >= 11 is 0. The number of benzene rings is 1. The van der Waals surface area contributed by atoms with Gasteiger partial charge in [-0.2, -0.15) is 0 Å². The SMILES string of the molecule is CCn1c(=O)c(N2C[C@H]3CCCN3C(=O)[C@H]2C)nc2ccccc21. The van der Waals surface area contributed by atoms with E-state index in [1.807, 2.05) is 47.9 Å². The molecule has 0 spiro atoms. The number of carbonyl (C=O) groups excluding carboxylic acids is 1. The van der Waals surface area contributed by atoms with Crippen LogP contribution >= 0.6 is 0 Å². The van der Waals surface area contributed by atoms with Crippen LogP contribution in [-0.4, -0.2) is 45.5 Å². The highest BCUT2D eigenvalue weighted by molar-refractivity contribution is 5.87. The van der Waals surface area contributed by atoms with Crippen molar-refractivity contribution in [1.29, 1.82) is 0 Å². The lowest BCUT2D eigenvalue weighted by molar-refractivity contribution is -0.134. The summed E-state index contributed by atoms with van der Waals surface area (Å²) in [6.45, 7) is 5.95. The van der Waals surface area contributed by atoms with Crippen molar-refractivity contribution in [3.8, 4) is 0 Å². The van der Waals surface area contributed by atoms with E-state index in [1.165, 1.54) is 0 Å². The summed E-state index contributed by atoms with van der Waals surface area (Å²) in [6, 6.07) is 7.54. The molecule has 1 aromatic carbocycles. The molecule has 0 N–H and O–H groups in total. The number of aromatic nitrogens is 2. The van der Waals surface area contributed by atoms with Crippen molar-refractivity contribution in [1.82, 2.24) is 14.5 Å². The molecule has 0 bridgehead atoms. The van der Waals surface area contributed by atoms with Crippen LogP contribution in [0.25, 0.3) is 11.0 Å². The van der Waals surface area contributed by atoms with E-state index in [-0.39, 0.29) is 23.6 Å². The van der Waals surface area contributed by atoms with Gasteiger partial charge in [-0.1, -0.05) is 12.1 Å². The number of hydrogen-bond acceptors (Lipinski definition) is 4. The van der Waals surface area contributed by atoms with Crippen molar-refractivity contribution in [3.63, 3.8) is 0 Å². The molecule has 4 rings (SSSR count). The summed E-state index contributed by atoms with van der Waals surface area (Å²) in [7, 11) is 0. The molecule has 0 unspecified atom stereocenters. The summed E-state index contributed by atoms with van der Waals surface area (Å²) in [5, 5.41) is 0. The number of rotatable bonds is 2. The molecule has 126 valence electrons. The van der Waals surface area contributed by atoms with E-state index in [0.717, 1.165) is 30.4 Å². The van der Waals surface area contributed by atoms with Crippen LogP contribution in [0.2, 0.25) is 0 Å². The average molecular weight is 326 g/mol. The molecule has 2 atom stereocenters. The normalized spacial score (nSPS) is 23.8. The Morgan fingerprint density at radius 2 is 2.00 bits per heavy atom. The number of hydrogen-bond donors (Lipinski definition) is 0. The van der Waals surface area contributed by atoms with Gasteiger partial charge in [-0.05, 0) is 38.8 Å². The summed E-state index contributed by atoms with van der Waals surface area (Å²) in [6.07, 6.45) is 2.05.